The van der Waals surface area contributed by atoms with E-state index in [1.54, 1.807) is 0 Å². The van der Waals surface area contributed by atoms with Gasteiger partial charge in [-0.1, -0.05) is 0 Å². The van der Waals surface area contributed by atoms with Crippen LogP contribution < -0.4 is 4.46 Å². The normalized spacial score (nSPS) is 10.6. The first-order valence-electron chi connectivity index (χ1n) is 3.89. The average Bonchev–Trinajstić information content (AvgIpc) is 1.93. The van der Waals surface area contributed by atoms with Gasteiger partial charge in [-0.25, -0.2) is 0 Å². The van der Waals surface area contributed by atoms with Gasteiger partial charge in [0.1, 0.15) is 0 Å². The monoisotopic (exact) mass is 196 g/mol. The Balaban J connectivity index is 2.66. The summed E-state index contributed by atoms with van der Waals surface area (Å²) in [5.74, 6) is 0.726. The van der Waals surface area contributed by atoms with Crippen LogP contribution in [0.25, 0.3) is 0 Å². The van der Waals surface area contributed by atoms with E-state index >= 15 is 0 Å². The Labute approximate surface area is 76.8 Å². The van der Waals surface area contributed by atoms with Crippen LogP contribution in [0.4, 0.5) is 0 Å². The first-order valence-corrected chi connectivity index (χ1v) is 4.36. The third-order valence-corrected chi connectivity index (χ3v) is 1.85. The SMILES string of the molecule is CC(C)Cc1cc[c]([Cu])cc1. The van der Waals surface area contributed by atoms with Crippen molar-refractivity contribution in [2.75, 3.05) is 0 Å². The van der Waals surface area contributed by atoms with Crippen LogP contribution in [-0.2, 0) is 22.4 Å². The summed E-state index contributed by atoms with van der Waals surface area (Å²) in [6.45, 7) is 4.45. The summed E-state index contributed by atoms with van der Waals surface area (Å²) in [6, 6.07) is 8.18. The Bertz CT molecular complexity index is 211. The topological polar surface area (TPSA) is 0 Å². The summed E-state index contributed by atoms with van der Waals surface area (Å²) < 4.78 is 0.907. The maximum absolute atomic E-state index is 5.13. The molecule has 0 radical (unpaired) electrons. The van der Waals surface area contributed by atoms with Crippen molar-refractivity contribution >= 4 is 4.46 Å². The third-order valence-electron chi connectivity index (χ3n) is 1.53. The Morgan fingerprint density at radius 1 is 1.18 bits per heavy atom. The van der Waals surface area contributed by atoms with Crippen LogP contribution in [-0.4, -0.2) is 0 Å². The molecule has 11 heavy (non-hydrogen) atoms. The number of hydrogen-bond donors (Lipinski definition) is 0. The van der Waals surface area contributed by atoms with E-state index in [9.17, 15) is 0 Å². The van der Waals surface area contributed by atoms with Gasteiger partial charge in [0.2, 0.25) is 0 Å². The second kappa shape index (κ2) is 3.94. The second-order valence-electron chi connectivity index (χ2n) is 3.18. The first-order chi connectivity index (χ1) is 5.18. The van der Waals surface area contributed by atoms with Gasteiger partial charge >= 0.3 is 76.5 Å². The third kappa shape index (κ3) is 3.09. The van der Waals surface area contributed by atoms with Crippen molar-refractivity contribution in [3.05, 3.63) is 29.8 Å². The second-order valence-corrected chi connectivity index (χ2v) is 3.72. The van der Waals surface area contributed by atoms with Crippen molar-refractivity contribution in [2.24, 2.45) is 5.92 Å². The van der Waals surface area contributed by atoms with Crippen LogP contribution >= 0.6 is 0 Å². The summed E-state index contributed by atoms with van der Waals surface area (Å²) in [6.07, 6.45) is 1.15. The first kappa shape index (κ1) is 8.83. The number of rotatable bonds is 2. The number of hydrogen-bond acceptors (Lipinski definition) is 0. The van der Waals surface area contributed by atoms with Crippen molar-refractivity contribution in [3.8, 4) is 0 Å². The van der Waals surface area contributed by atoms with Gasteiger partial charge in [0.05, 0.1) is 0 Å². The van der Waals surface area contributed by atoms with E-state index in [-0.39, 0.29) is 0 Å². The molecule has 1 heteroatoms. The molecule has 64 valence electrons. The van der Waals surface area contributed by atoms with Gasteiger partial charge in [-0.2, -0.15) is 0 Å². The predicted molar refractivity (Wildman–Crippen MR) is 44.6 cm³/mol. The zero-order valence-corrected chi connectivity index (χ0v) is 7.84. The molecule has 0 spiro atoms. The number of benzene rings is 1. The van der Waals surface area contributed by atoms with Gasteiger partial charge in [0, 0.05) is 0 Å². The van der Waals surface area contributed by atoms with E-state index < -0.39 is 0 Å². The molecule has 0 aliphatic carbocycles. The molecule has 1 aromatic rings. The summed E-state index contributed by atoms with van der Waals surface area (Å²) >= 11 is 5.13. The Morgan fingerprint density at radius 3 is 2.18 bits per heavy atom. The van der Waals surface area contributed by atoms with Crippen LogP contribution in [0.2, 0.25) is 0 Å². The molecule has 1 aromatic carbocycles. The molecule has 0 atom stereocenters. The summed E-state index contributed by atoms with van der Waals surface area (Å²) in [5.41, 5.74) is 1.38. The van der Waals surface area contributed by atoms with Crippen molar-refractivity contribution < 1.29 is 16.0 Å². The van der Waals surface area contributed by atoms with Crippen LogP contribution in [0, 0.1) is 5.92 Å². The maximum atomic E-state index is 5.13. The van der Waals surface area contributed by atoms with Crippen LogP contribution in [0.1, 0.15) is 19.4 Å². The fourth-order valence-electron chi connectivity index (χ4n) is 1.08. The van der Waals surface area contributed by atoms with Crippen LogP contribution in [0.5, 0.6) is 0 Å². The zero-order valence-electron chi connectivity index (χ0n) is 6.90. The van der Waals surface area contributed by atoms with Crippen molar-refractivity contribution in [1.82, 2.24) is 0 Å². The van der Waals surface area contributed by atoms with Gasteiger partial charge in [-0.15, -0.1) is 0 Å². The van der Waals surface area contributed by atoms with E-state index in [4.69, 9.17) is 16.0 Å². The van der Waals surface area contributed by atoms with Gasteiger partial charge in [0.15, 0.2) is 0 Å². The van der Waals surface area contributed by atoms with Gasteiger partial charge in [0.25, 0.3) is 0 Å². The van der Waals surface area contributed by atoms with E-state index in [0.29, 0.717) is 0 Å². The summed E-state index contributed by atoms with van der Waals surface area (Å²) in [5, 5.41) is 0. The molecule has 0 bridgehead atoms. The Hall–Kier alpha value is -0.261. The molecular formula is C10H13Cu. The van der Waals surface area contributed by atoms with Crippen molar-refractivity contribution in [2.45, 2.75) is 20.3 Å². The average molecular weight is 197 g/mol. The molecule has 0 unspecified atom stereocenters. The van der Waals surface area contributed by atoms with Crippen molar-refractivity contribution in [1.29, 1.82) is 0 Å². The molecule has 0 saturated heterocycles. The predicted octanol–water partition coefficient (Wildman–Crippen LogP) is 2.06. The Morgan fingerprint density at radius 2 is 1.73 bits per heavy atom. The fraction of sp³-hybridized carbons (Fsp3) is 0.400. The molecule has 1 rings (SSSR count). The van der Waals surface area contributed by atoms with E-state index in [1.165, 1.54) is 5.56 Å². The van der Waals surface area contributed by atoms with Gasteiger partial charge < -0.3 is 0 Å². The standard InChI is InChI=1S/C10H13.Cu/c1-9(2)8-10-6-4-3-5-7-10;/h4-7,9H,8H2,1-2H3;. The Kier molecular flexibility index (Phi) is 3.16. The molecule has 0 aliphatic rings. The summed E-state index contributed by atoms with van der Waals surface area (Å²) in [4.78, 5) is 0. The van der Waals surface area contributed by atoms with Gasteiger partial charge in [-0.05, 0) is 0 Å². The molecule has 0 nitrogen and oxygen atoms in total. The molecule has 0 saturated carbocycles. The minimum atomic E-state index is 0.726. The van der Waals surface area contributed by atoms with Crippen LogP contribution in [0.3, 0.4) is 0 Å². The molecule has 0 amide bonds. The van der Waals surface area contributed by atoms with E-state index in [2.05, 4.69) is 26.0 Å². The minimum absolute atomic E-state index is 0.726. The molecule has 0 aromatic heterocycles. The van der Waals surface area contributed by atoms with Crippen LogP contribution in [0.15, 0.2) is 24.3 Å². The quantitative estimate of drug-likeness (QED) is 0.636. The molecule has 0 heterocycles. The molecule has 0 fully saturated rings. The molecule has 0 N–H and O–H groups in total. The summed E-state index contributed by atoms with van der Waals surface area (Å²) in [7, 11) is 0. The van der Waals surface area contributed by atoms with E-state index in [0.717, 1.165) is 16.8 Å². The van der Waals surface area contributed by atoms with Gasteiger partial charge in [-0.3, -0.25) is 0 Å². The zero-order chi connectivity index (χ0) is 8.27. The van der Waals surface area contributed by atoms with Crippen molar-refractivity contribution in [3.63, 3.8) is 0 Å². The molecular weight excluding hydrogens is 184 g/mol. The van der Waals surface area contributed by atoms with E-state index in [1.807, 2.05) is 12.1 Å². The molecule has 0 aliphatic heterocycles. The fourth-order valence-corrected chi connectivity index (χ4v) is 1.24.